The van der Waals surface area contributed by atoms with Crippen LogP contribution in [0.4, 0.5) is 0 Å². The number of carbonyl (C=O) groups excluding carboxylic acids is 3. The van der Waals surface area contributed by atoms with Crippen LogP contribution in [0.15, 0.2) is 30.3 Å². The molecule has 0 amide bonds. The topological polar surface area (TPSA) is 120 Å². The molecule has 2 aromatic carbocycles. The van der Waals surface area contributed by atoms with E-state index in [1.165, 1.54) is 18.2 Å². The minimum atomic E-state index is -1.73. The van der Waals surface area contributed by atoms with E-state index in [0.29, 0.717) is 0 Å². The van der Waals surface area contributed by atoms with Crippen LogP contribution in [0.3, 0.4) is 0 Å². The zero-order valence-electron chi connectivity index (χ0n) is 12.3. The molecule has 0 aromatic heterocycles. The van der Waals surface area contributed by atoms with Gasteiger partial charge in [-0.05, 0) is 22.9 Å². The van der Waals surface area contributed by atoms with E-state index >= 15 is 0 Å². The molecule has 6 nitrogen and oxygen atoms in total. The van der Waals surface area contributed by atoms with Crippen molar-refractivity contribution in [2.24, 2.45) is 0 Å². The van der Waals surface area contributed by atoms with E-state index in [0.717, 1.165) is 12.1 Å². The summed E-state index contributed by atoms with van der Waals surface area (Å²) in [7, 11) is 0. The first-order valence-corrected chi connectivity index (χ1v) is 5.12. The zero-order chi connectivity index (χ0) is 14.2. The van der Waals surface area contributed by atoms with Crippen molar-refractivity contribution in [1.29, 1.82) is 0 Å². The van der Waals surface area contributed by atoms with Gasteiger partial charge in [-0.15, -0.1) is 0 Å². The van der Waals surface area contributed by atoms with Crippen LogP contribution in [0.2, 0.25) is 0 Å². The van der Waals surface area contributed by atoms with Crippen molar-refractivity contribution in [2.45, 2.75) is 0 Å². The number of aromatic carboxylic acids is 3. The summed E-state index contributed by atoms with van der Waals surface area (Å²) < 4.78 is 0. The first-order valence-electron chi connectivity index (χ1n) is 5.12. The number of carboxylic acids is 3. The summed E-state index contributed by atoms with van der Waals surface area (Å²) in [6.45, 7) is 0. The van der Waals surface area contributed by atoms with Gasteiger partial charge in [0.15, 0.2) is 0 Å². The molecule has 2 rings (SSSR count). The second-order valence-electron chi connectivity index (χ2n) is 3.79. The van der Waals surface area contributed by atoms with Gasteiger partial charge in [0.25, 0.3) is 0 Å². The molecule has 96 valence electrons. The van der Waals surface area contributed by atoms with Gasteiger partial charge in [0, 0.05) is 16.7 Å². The molecule has 0 heterocycles. The third kappa shape index (κ3) is 5.06. The van der Waals surface area contributed by atoms with Crippen molar-refractivity contribution < 1.29 is 118 Å². The molecular formula is C13H5Na3O6. The Labute approximate surface area is 191 Å². The largest absolute Gasteiger partial charge is 1.00 e. The first-order chi connectivity index (χ1) is 8.91. The number of fused-ring (bicyclic) bond motifs is 1. The van der Waals surface area contributed by atoms with Crippen LogP contribution < -0.4 is 104 Å². The van der Waals surface area contributed by atoms with Crippen LogP contribution in [0.5, 0.6) is 0 Å². The summed E-state index contributed by atoms with van der Waals surface area (Å²) in [5.41, 5.74) is -1.44. The van der Waals surface area contributed by atoms with E-state index in [4.69, 9.17) is 0 Å². The van der Waals surface area contributed by atoms with E-state index in [1.54, 1.807) is 0 Å². The maximum atomic E-state index is 10.9. The molecule has 0 radical (unpaired) electrons. The maximum absolute atomic E-state index is 10.9. The number of carboxylic acid groups (broad SMARTS) is 3. The quantitative estimate of drug-likeness (QED) is 0.517. The van der Waals surface area contributed by atoms with Gasteiger partial charge >= 0.3 is 88.7 Å². The second kappa shape index (κ2) is 10.1. The molecule has 0 N–H and O–H groups in total. The normalized spacial score (nSPS) is 8.91. The Balaban J connectivity index is 0. The summed E-state index contributed by atoms with van der Waals surface area (Å²) in [6, 6.07) is 6.04. The van der Waals surface area contributed by atoms with E-state index < -0.39 is 29.0 Å². The molecule has 22 heavy (non-hydrogen) atoms. The van der Waals surface area contributed by atoms with E-state index in [1.807, 2.05) is 0 Å². The van der Waals surface area contributed by atoms with Gasteiger partial charge in [-0.2, -0.15) is 0 Å². The number of rotatable bonds is 3. The van der Waals surface area contributed by atoms with Gasteiger partial charge in [-0.25, -0.2) is 0 Å². The molecule has 0 aliphatic heterocycles. The summed E-state index contributed by atoms with van der Waals surface area (Å²) >= 11 is 0. The molecule has 0 saturated heterocycles. The molecule has 9 heteroatoms. The predicted molar refractivity (Wildman–Crippen MR) is 56.9 cm³/mol. The fourth-order valence-electron chi connectivity index (χ4n) is 1.84. The Morgan fingerprint density at radius 2 is 1.14 bits per heavy atom. The van der Waals surface area contributed by atoms with Crippen LogP contribution in [-0.2, 0) is 0 Å². The van der Waals surface area contributed by atoms with Crippen LogP contribution in [0, 0.1) is 0 Å². The average molecular weight is 326 g/mol. The third-order valence-corrected chi connectivity index (χ3v) is 2.68. The van der Waals surface area contributed by atoms with Gasteiger partial charge in [0.05, 0.1) is 17.9 Å². The maximum Gasteiger partial charge on any atom is 1.00 e. The molecule has 0 unspecified atom stereocenters. The molecule has 0 fully saturated rings. The number of hydrogen-bond donors (Lipinski definition) is 0. The van der Waals surface area contributed by atoms with Crippen molar-refractivity contribution in [3.63, 3.8) is 0 Å². The van der Waals surface area contributed by atoms with Gasteiger partial charge in [-0.3, -0.25) is 0 Å². The van der Waals surface area contributed by atoms with Crippen LogP contribution in [0.1, 0.15) is 31.1 Å². The average Bonchev–Trinajstić information content (AvgIpc) is 2.35. The Hall–Kier alpha value is 0.110. The molecule has 0 atom stereocenters. The van der Waals surface area contributed by atoms with E-state index in [-0.39, 0.29) is 105 Å². The van der Waals surface area contributed by atoms with Gasteiger partial charge in [-0.1, -0.05) is 18.2 Å². The number of carbonyl (C=O) groups is 3. The Kier molecular flexibility index (Phi) is 11.2. The SMILES string of the molecule is O=C([O-])c1cc2cccc(C(=O)[O-])c2cc1C(=O)[O-].[Na+].[Na+].[Na+]. The monoisotopic (exact) mass is 326 g/mol. The van der Waals surface area contributed by atoms with E-state index in [2.05, 4.69) is 0 Å². The van der Waals surface area contributed by atoms with Crippen molar-refractivity contribution in [3.05, 3.63) is 47.0 Å². The molecule has 0 bridgehead atoms. The van der Waals surface area contributed by atoms with Gasteiger partial charge < -0.3 is 29.7 Å². The van der Waals surface area contributed by atoms with E-state index in [9.17, 15) is 29.7 Å². The van der Waals surface area contributed by atoms with Crippen molar-refractivity contribution in [1.82, 2.24) is 0 Å². The summed E-state index contributed by atoms with van der Waals surface area (Å²) in [6.07, 6.45) is 0. The Morgan fingerprint density at radius 3 is 1.59 bits per heavy atom. The van der Waals surface area contributed by atoms with Crippen molar-refractivity contribution in [2.75, 3.05) is 0 Å². The van der Waals surface area contributed by atoms with Gasteiger partial charge in [0.2, 0.25) is 0 Å². The van der Waals surface area contributed by atoms with Crippen LogP contribution in [0.25, 0.3) is 10.8 Å². The molecule has 0 saturated carbocycles. The second-order valence-corrected chi connectivity index (χ2v) is 3.79. The fourth-order valence-corrected chi connectivity index (χ4v) is 1.84. The van der Waals surface area contributed by atoms with Crippen LogP contribution >= 0.6 is 0 Å². The molecule has 2 aromatic rings. The standard InChI is InChI=1S/C13H8O6.3Na/c14-11(15)7-3-1-2-6-4-9(12(16)17)10(13(18)19)5-8(6)7;;;/h1-5H,(H,14,15)(H,16,17)(H,18,19);;;/q;3*+1/p-3. The Bertz CT molecular complexity index is 729. The summed E-state index contributed by atoms with van der Waals surface area (Å²) in [5, 5.41) is 33.0. The number of hydrogen-bond acceptors (Lipinski definition) is 6. The first kappa shape index (κ1) is 24.4. The summed E-state index contributed by atoms with van der Waals surface area (Å²) in [4.78, 5) is 32.7. The molecule has 0 spiro atoms. The molecule has 0 aliphatic rings. The van der Waals surface area contributed by atoms with Crippen LogP contribution in [-0.4, -0.2) is 17.9 Å². The zero-order valence-corrected chi connectivity index (χ0v) is 18.3. The predicted octanol–water partition coefficient (Wildman–Crippen LogP) is -11.1. The fraction of sp³-hybridized carbons (Fsp3) is 0. The molecule has 0 aliphatic carbocycles. The minimum Gasteiger partial charge on any atom is -0.545 e. The molecular weight excluding hydrogens is 321 g/mol. The number of benzene rings is 2. The summed E-state index contributed by atoms with van der Waals surface area (Å²) in [5.74, 6) is -4.90. The smallest absolute Gasteiger partial charge is 0.545 e. The van der Waals surface area contributed by atoms with Gasteiger partial charge in [0.1, 0.15) is 0 Å². The third-order valence-electron chi connectivity index (χ3n) is 2.68. The van der Waals surface area contributed by atoms with Crippen molar-refractivity contribution >= 4 is 28.7 Å². The Morgan fingerprint density at radius 1 is 0.682 bits per heavy atom. The van der Waals surface area contributed by atoms with Crippen molar-refractivity contribution in [3.8, 4) is 0 Å². The minimum absolute atomic E-state index is 0.